The normalized spacial score (nSPS) is 12.4. The lowest BCUT2D eigenvalue weighted by Gasteiger charge is -2.29. The number of rotatable bonds is 8. The van der Waals surface area contributed by atoms with Crippen LogP contribution in [0.4, 0.5) is 4.39 Å². The van der Waals surface area contributed by atoms with Crippen molar-refractivity contribution in [3.63, 3.8) is 0 Å². The largest absolute Gasteiger partial charge is 0.339 e. The quantitative estimate of drug-likeness (QED) is 0.721. The van der Waals surface area contributed by atoms with Crippen LogP contribution in [0, 0.1) is 11.7 Å². The van der Waals surface area contributed by atoms with Crippen molar-refractivity contribution < 1.29 is 13.7 Å². The molecule has 0 bridgehead atoms. The highest BCUT2D eigenvalue weighted by Crippen LogP contribution is 2.17. The van der Waals surface area contributed by atoms with Crippen LogP contribution in [-0.4, -0.2) is 33.5 Å². The summed E-state index contributed by atoms with van der Waals surface area (Å²) in [5.41, 5.74) is 0.700. The molecule has 1 atom stereocenters. The van der Waals surface area contributed by atoms with Crippen LogP contribution in [0.3, 0.4) is 0 Å². The lowest BCUT2D eigenvalue weighted by molar-refractivity contribution is -0.134. The number of hydrogen-bond donors (Lipinski definition) is 0. The van der Waals surface area contributed by atoms with Crippen molar-refractivity contribution in [2.75, 3.05) is 6.54 Å². The fraction of sp³-hybridized carbons (Fsp3) is 0.526. The van der Waals surface area contributed by atoms with Gasteiger partial charge in [0.25, 0.3) is 0 Å². The van der Waals surface area contributed by atoms with Crippen LogP contribution in [0.15, 0.2) is 28.8 Å². The number of carbonyl (C=O) groups excluding carboxylic acids is 1. The molecule has 2 rings (SSSR count). The van der Waals surface area contributed by atoms with Crippen molar-refractivity contribution in [2.24, 2.45) is 5.92 Å². The number of carbonyl (C=O) groups is 1. The number of amides is 1. The number of nitrogens with zero attached hydrogens (tertiary/aromatic N) is 3. The van der Waals surface area contributed by atoms with E-state index in [4.69, 9.17) is 4.52 Å². The monoisotopic (exact) mass is 347 g/mol. The molecule has 136 valence electrons. The van der Waals surface area contributed by atoms with Crippen molar-refractivity contribution in [1.82, 2.24) is 15.0 Å². The number of aromatic nitrogens is 2. The van der Waals surface area contributed by atoms with E-state index in [1.807, 2.05) is 18.7 Å². The fourth-order valence-corrected chi connectivity index (χ4v) is 2.57. The van der Waals surface area contributed by atoms with E-state index in [1.165, 1.54) is 12.1 Å². The van der Waals surface area contributed by atoms with Crippen LogP contribution in [0.5, 0.6) is 0 Å². The molecule has 1 amide bonds. The Morgan fingerprint density at radius 1 is 1.24 bits per heavy atom. The zero-order chi connectivity index (χ0) is 18.4. The average Bonchev–Trinajstić information content (AvgIpc) is 3.03. The summed E-state index contributed by atoms with van der Waals surface area (Å²) in [5, 5.41) is 3.94. The fourth-order valence-electron chi connectivity index (χ4n) is 2.57. The smallest absolute Gasteiger partial charge is 0.228 e. The standard InChI is InChI=1S/C19H26FN3O2/c1-5-14(4)23(18(24)12-13(2)3)11-10-17-21-19(22-25-17)15-6-8-16(20)9-7-15/h6-9,13-14H,5,10-12H2,1-4H3/t14-/m0/s1. The summed E-state index contributed by atoms with van der Waals surface area (Å²) in [5.74, 6) is 1.08. The predicted octanol–water partition coefficient (Wildman–Crippen LogP) is 4.09. The first-order valence-corrected chi connectivity index (χ1v) is 8.78. The Kier molecular flexibility index (Phi) is 6.67. The van der Waals surface area contributed by atoms with E-state index >= 15 is 0 Å². The molecule has 0 fully saturated rings. The zero-order valence-corrected chi connectivity index (χ0v) is 15.3. The summed E-state index contributed by atoms with van der Waals surface area (Å²) < 4.78 is 18.3. The van der Waals surface area contributed by atoms with Crippen LogP contribution in [0.1, 0.15) is 46.4 Å². The minimum absolute atomic E-state index is 0.155. The topological polar surface area (TPSA) is 59.2 Å². The van der Waals surface area contributed by atoms with Gasteiger partial charge in [0.1, 0.15) is 5.82 Å². The molecule has 0 aliphatic heterocycles. The molecule has 5 nitrogen and oxygen atoms in total. The van der Waals surface area contributed by atoms with E-state index in [-0.39, 0.29) is 17.8 Å². The Bertz CT molecular complexity index is 682. The molecular formula is C19H26FN3O2. The van der Waals surface area contributed by atoms with Crippen LogP contribution >= 0.6 is 0 Å². The van der Waals surface area contributed by atoms with Crippen molar-refractivity contribution in [3.05, 3.63) is 36.0 Å². The van der Waals surface area contributed by atoms with E-state index in [0.717, 1.165) is 6.42 Å². The third-order valence-corrected chi connectivity index (χ3v) is 4.16. The van der Waals surface area contributed by atoms with E-state index in [2.05, 4.69) is 24.0 Å². The molecule has 0 unspecified atom stereocenters. The molecule has 0 radical (unpaired) electrons. The minimum atomic E-state index is -0.305. The SMILES string of the molecule is CC[C@H](C)N(CCc1nc(-c2ccc(F)cc2)no1)C(=O)CC(C)C. The highest BCUT2D eigenvalue weighted by Gasteiger charge is 2.20. The van der Waals surface area contributed by atoms with Crippen LogP contribution < -0.4 is 0 Å². The van der Waals surface area contributed by atoms with Gasteiger partial charge >= 0.3 is 0 Å². The molecule has 2 aromatic rings. The number of benzene rings is 1. The zero-order valence-electron chi connectivity index (χ0n) is 15.3. The Labute approximate surface area is 148 Å². The van der Waals surface area contributed by atoms with Crippen molar-refractivity contribution in [2.45, 2.75) is 53.0 Å². The van der Waals surface area contributed by atoms with Gasteiger partial charge in [0.15, 0.2) is 0 Å². The molecule has 0 N–H and O–H groups in total. The molecule has 0 aliphatic rings. The Hall–Kier alpha value is -2.24. The molecule has 6 heteroatoms. The molecule has 0 saturated heterocycles. The maximum Gasteiger partial charge on any atom is 0.228 e. The Balaban J connectivity index is 2.02. The van der Waals surface area contributed by atoms with Crippen LogP contribution in [0.2, 0.25) is 0 Å². The van der Waals surface area contributed by atoms with E-state index in [9.17, 15) is 9.18 Å². The molecule has 0 saturated carbocycles. The van der Waals surface area contributed by atoms with Gasteiger partial charge in [-0.1, -0.05) is 25.9 Å². The maximum absolute atomic E-state index is 13.0. The highest BCUT2D eigenvalue weighted by molar-refractivity contribution is 5.76. The molecular weight excluding hydrogens is 321 g/mol. The number of hydrogen-bond acceptors (Lipinski definition) is 4. The average molecular weight is 347 g/mol. The second-order valence-electron chi connectivity index (χ2n) is 6.71. The predicted molar refractivity (Wildman–Crippen MR) is 94.3 cm³/mol. The van der Waals surface area contributed by atoms with Gasteiger partial charge in [-0.3, -0.25) is 4.79 Å². The van der Waals surface area contributed by atoms with Gasteiger partial charge in [0.05, 0.1) is 0 Å². The van der Waals surface area contributed by atoms with E-state index in [1.54, 1.807) is 12.1 Å². The second kappa shape index (κ2) is 8.74. The van der Waals surface area contributed by atoms with Crippen molar-refractivity contribution >= 4 is 5.91 Å². The first-order chi connectivity index (χ1) is 11.9. The van der Waals surface area contributed by atoms with Crippen LogP contribution in [0.25, 0.3) is 11.4 Å². The first-order valence-electron chi connectivity index (χ1n) is 8.78. The lowest BCUT2D eigenvalue weighted by atomic mass is 10.1. The summed E-state index contributed by atoms with van der Waals surface area (Å²) in [4.78, 5) is 18.7. The van der Waals surface area contributed by atoms with E-state index in [0.29, 0.717) is 42.6 Å². The highest BCUT2D eigenvalue weighted by atomic mass is 19.1. The Morgan fingerprint density at radius 3 is 2.52 bits per heavy atom. The van der Waals surface area contributed by atoms with Gasteiger partial charge in [-0.15, -0.1) is 0 Å². The lowest BCUT2D eigenvalue weighted by Crippen LogP contribution is -2.40. The van der Waals surface area contributed by atoms with Gasteiger partial charge < -0.3 is 9.42 Å². The molecule has 1 heterocycles. The number of halogens is 1. The molecule has 25 heavy (non-hydrogen) atoms. The maximum atomic E-state index is 13.0. The summed E-state index contributed by atoms with van der Waals surface area (Å²) >= 11 is 0. The molecule has 0 aliphatic carbocycles. The van der Waals surface area contributed by atoms with Gasteiger partial charge in [-0.05, 0) is 43.5 Å². The minimum Gasteiger partial charge on any atom is -0.339 e. The third-order valence-electron chi connectivity index (χ3n) is 4.16. The van der Waals surface area contributed by atoms with Crippen molar-refractivity contribution in [3.8, 4) is 11.4 Å². The van der Waals surface area contributed by atoms with Gasteiger partial charge in [-0.25, -0.2) is 4.39 Å². The van der Waals surface area contributed by atoms with Gasteiger partial charge in [-0.2, -0.15) is 4.98 Å². The van der Waals surface area contributed by atoms with Crippen molar-refractivity contribution in [1.29, 1.82) is 0 Å². The first kappa shape index (κ1) is 19.1. The second-order valence-corrected chi connectivity index (χ2v) is 6.71. The van der Waals surface area contributed by atoms with Crippen LogP contribution in [-0.2, 0) is 11.2 Å². The summed E-state index contributed by atoms with van der Waals surface area (Å²) in [6.45, 7) is 8.75. The Morgan fingerprint density at radius 2 is 1.92 bits per heavy atom. The molecule has 1 aromatic heterocycles. The van der Waals surface area contributed by atoms with E-state index < -0.39 is 0 Å². The molecule has 1 aromatic carbocycles. The van der Waals surface area contributed by atoms with Gasteiger partial charge in [0.2, 0.25) is 17.6 Å². The summed E-state index contributed by atoms with van der Waals surface area (Å²) in [6.07, 6.45) is 1.94. The summed E-state index contributed by atoms with van der Waals surface area (Å²) in [6, 6.07) is 6.12. The van der Waals surface area contributed by atoms with Gasteiger partial charge in [0, 0.05) is 31.0 Å². The third kappa shape index (κ3) is 5.37. The summed E-state index contributed by atoms with van der Waals surface area (Å²) in [7, 11) is 0. The molecule has 0 spiro atoms.